The number of hydrogen-bond acceptors (Lipinski definition) is 3. The van der Waals surface area contributed by atoms with Gasteiger partial charge in [0.15, 0.2) is 0 Å². The molecular formula is C14H19IN2O3. The molecule has 0 aliphatic heterocycles. The first-order valence-corrected chi connectivity index (χ1v) is 7.28. The van der Waals surface area contributed by atoms with Crippen LogP contribution in [0.2, 0.25) is 0 Å². The van der Waals surface area contributed by atoms with E-state index in [1.165, 1.54) is 0 Å². The third kappa shape index (κ3) is 6.23. The predicted octanol–water partition coefficient (Wildman–Crippen LogP) is 2.21. The molecule has 6 heteroatoms. The average molecular weight is 390 g/mol. The van der Waals surface area contributed by atoms with Crippen molar-refractivity contribution in [2.75, 3.05) is 0 Å². The fourth-order valence-electron chi connectivity index (χ4n) is 1.53. The van der Waals surface area contributed by atoms with E-state index in [0.29, 0.717) is 6.42 Å². The van der Waals surface area contributed by atoms with Crippen LogP contribution in [-0.4, -0.2) is 23.6 Å². The number of primary amides is 1. The van der Waals surface area contributed by atoms with Crippen LogP contribution in [0.25, 0.3) is 0 Å². The van der Waals surface area contributed by atoms with Crippen LogP contribution >= 0.6 is 22.6 Å². The normalized spacial score (nSPS) is 12.6. The Labute approximate surface area is 132 Å². The van der Waals surface area contributed by atoms with Gasteiger partial charge in [0.05, 0.1) is 0 Å². The van der Waals surface area contributed by atoms with Crippen molar-refractivity contribution in [2.24, 2.45) is 5.73 Å². The average Bonchev–Trinajstić information content (AvgIpc) is 2.28. The van der Waals surface area contributed by atoms with Crippen molar-refractivity contribution in [2.45, 2.75) is 38.8 Å². The molecule has 0 aromatic heterocycles. The van der Waals surface area contributed by atoms with E-state index >= 15 is 0 Å². The fourth-order valence-corrected chi connectivity index (χ4v) is 1.89. The smallest absolute Gasteiger partial charge is 0.408 e. The number of carbonyl (C=O) groups is 2. The molecule has 1 aromatic rings. The quantitative estimate of drug-likeness (QED) is 0.774. The van der Waals surface area contributed by atoms with E-state index in [0.717, 1.165) is 9.13 Å². The summed E-state index contributed by atoms with van der Waals surface area (Å²) >= 11 is 2.20. The first-order chi connectivity index (χ1) is 9.17. The number of hydrogen-bond donors (Lipinski definition) is 2. The van der Waals surface area contributed by atoms with Gasteiger partial charge in [0.1, 0.15) is 11.6 Å². The van der Waals surface area contributed by atoms with Crippen LogP contribution in [0.5, 0.6) is 0 Å². The summed E-state index contributed by atoms with van der Waals surface area (Å²) in [6.07, 6.45) is -0.308. The molecule has 5 nitrogen and oxygen atoms in total. The first-order valence-electron chi connectivity index (χ1n) is 6.20. The molecule has 0 saturated heterocycles. The van der Waals surface area contributed by atoms with Crippen LogP contribution in [0.15, 0.2) is 24.3 Å². The van der Waals surface area contributed by atoms with Gasteiger partial charge in [0.25, 0.3) is 0 Å². The summed E-state index contributed by atoms with van der Waals surface area (Å²) in [4.78, 5) is 23.1. The van der Waals surface area contributed by atoms with Gasteiger partial charge in [-0.3, -0.25) is 4.79 Å². The number of amides is 2. The molecule has 1 aromatic carbocycles. The Bertz CT molecular complexity index is 480. The fraction of sp³-hybridized carbons (Fsp3) is 0.429. The summed E-state index contributed by atoms with van der Waals surface area (Å²) in [5.41, 5.74) is 5.62. The van der Waals surface area contributed by atoms with Crippen LogP contribution in [0.4, 0.5) is 4.79 Å². The second-order valence-corrected chi connectivity index (χ2v) is 6.68. The molecule has 0 radical (unpaired) electrons. The van der Waals surface area contributed by atoms with Crippen LogP contribution in [-0.2, 0) is 16.0 Å². The molecule has 2 amide bonds. The summed E-state index contributed by atoms with van der Waals surface area (Å²) < 4.78 is 6.22. The molecule has 1 unspecified atom stereocenters. The lowest BCUT2D eigenvalue weighted by Gasteiger charge is -2.22. The highest BCUT2D eigenvalue weighted by Gasteiger charge is 2.22. The van der Waals surface area contributed by atoms with Crippen LogP contribution in [0.1, 0.15) is 26.3 Å². The lowest BCUT2D eigenvalue weighted by molar-refractivity contribution is -0.120. The summed E-state index contributed by atoms with van der Waals surface area (Å²) in [6.45, 7) is 5.26. The van der Waals surface area contributed by atoms with Crippen molar-refractivity contribution in [1.29, 1.82) is 0 Å². The summed E-state index contributed by atoms with van der Waals surface area (Å²) in [7, 11) is 0. The molecular weight excluding hydrogens is 371 g/mol. The largest absolute Gasteiger partial charge is 0.444 e. The van der Waals surface area contributed by atoms with Crippen LogP contribution < -0.4 is 11.1 Å². The van der Waals surface area contributed by atoms with E-state index in [2.05, 4.69) is 27.9 Å². The number of nitrogens with two attached hydrogens (primary N) is 1. The third-order valence-corrected chi connectivity index (χ3v) is 3.11. The first kappa shape index (κ1) is 16.7. The number of nitrogens with one attached hydrogen (secondary N) is 1. The molecule has 20 heavy (non-hydrogen) atoms. The topological polar surface area (TPSA) is 81.4 Å². The second kappa shape index (κ2) is 6.92. The molecule has 0 spiro atoms. The minimum atomic E-state index is -0.787. The Morgan fingerprint density at radius 2 is 1.85 bits per heavy atom. The molecule has 1 atom stereocenters. The number of carbonyl (C=O) groups excluding carboxylic acids is 2. The minimum absolute atomic E-state index is 0.339. The standard InChI is InChI=1S/C14H19IN2O3/c1-14(2,3)20-13(19)17-11(12(16)18)8-9-4-6-10(15)7-5-9/h4-7,11H,8H2,1-3H3,(H2,16,18)(H,17,19). The summed E-state index contributed by atoms with van der Waals surface area (Å²) in [6, 6.07) is 6.87. The lowest BCUT2D eigenvalue weighted by Crippen LogP contribution is -2.47. The van der Waals surface area contributed by atoms with Crippen LogP contribution in [0.3, 0.4) is 0 Å². The van der Waals surface area contributed by atoms with Crippen molar-refractivity contribution < 1.29 is 14.3 Å². The number of ether oxygens (including phenoxy) is 1. The second-order valence-electron chi connectivity index (χ2n) is 5.43. The van der Waals surface area contributed by atoms with E-state index < -0.39 is 23.6 Å². The van der Waals surface area contributed by atoms with Gasteiger partial charge in [-0.05, 0) is 61.1 Å². The van der Waals surface area contributed by atoms with E-state index in [1.807, 2.05) is 24.3 Å². The highest BCUT2D eigenvalue weighted by molar-refractivity contribution is 14.1. The van der Waals surface area contributed by atoms with Gasteiger partial charge in [-0.2, -0.15) is 0 Å². The molecule has 0 fully saturated rings. The van der Waals surface area contributed by atoms with E-state index in [1.54, 1.807) is 20.8 Å². The summed E-state index contributed by atoms with van der Waals surface area (Å²) in [5.74, 6) is -0.589. The number of rotatable bonds is 4. The summed E-state index contributed by atoms with van der Waals surface area (Å²) in [5, 5.41) is 2.50. The number of alkyl carbamates (subject to hydrolysis) is 1. The zero-order valence-electron chi connectivity index (χ0n) is 11.8. The molecule has 3 N–H and O–H groups in total. The number of benzene rings is 1. The Morgan fingerprint density at radius 3 is 2.30 bits per heavy atom. The molecule has 0 saturated carbocycles. The van der Waals surface area contributed by atoms with Crippen molar-refractivity contribution in [3.8, 4) is 0 Å². The van der Waals surface area contributed by atoms with Gasteiger partial charge in [-0.25, -0.2) is 4.79 Å². The molecule has 0 aliphatic carbocycles. The molecule has 0 bridgehead atoms. The third-order valence-electron chi connectivity index (χ3n) is 2.39. The predicted molar refractivity (Wildman–Crippen MR) is 85.2 cm³/mol. The van der Waals surface area contributed by atoms with E-state index in [4.69, 9.17) is 10.5 Å². The zero-order chi connectivity index (χ0) is 15.3. The zero-order valence-corrected chi connectivity index (χ0v) is 13.9. The van der Waals surface area contributed by atoms with Crippen molar-refractivity contribution in [3.05, 3.63) is 33.4 Å². The molecule has 1 rings (SSSR count). The number of halogens is 1. The molecule has 0 heterocycles. The van der Waals surface area contributed by atoms with Crippen molar-refractivity contribution in [1.82, 2.24) is 5.32 Å². The monoisotopic (exact) mass is 390 g/mol. The maximum absolute atomic E-state index is 11.7. The Morgan fingerprint density at radius 1 is 1.30 bits per heavy atom. The van der Waals surface area contributed by atoms with Gasteiger partial charge in [0, 0.05) is 9.99 Å². The molecule has 110 valence electrons. The van der Waals surface area contributed by atoms with E-state index in [-0.39, 0.29) is 0 Å². The van der Waals surface area contributed by atoms with Gasteiger partial charge in [-0.15, -0.1) is 0 Å². The SMILES string of the molecule is CC(C)(C)OC(=O)NC(Cc1ccc(I)cc1)C(N)=O. The van der Waals surface area contributed by atoms with Crippen molar-refractivity contribution in [3.63, 3.8) is 0 Å². The maximum atomic E-state index is 11.7. The highest BCUT2D eigenvalue weighted by atomic mass is 127. The minimum Gasteiger partial charge on any atom is -0.444 e. The van der Waals surface area contributed by atoms with Gasteiger partial charge < -0.3 is 15.8 Å². The van der Waals surface area contributed by atoms with E-state index in [9.17, 15) is 9.59 Å². The molecule has 0 aliphatic rings. The van der Waals surface area contributed by atoms with Gasteiger partial charge in [0.2, 0.25) is 5.91 Å². The Balaban J connectivity index is 2.68. The van der Waals surface area contributed by atoms with Crippen molar-refractivity contribution >= 4 is 34.6 Å². The highest BCUT2D eigenvalue weighted by Crippen LogP contribution is 2.10. The van der Waals surface area contributed by atoms with Gasteiger partial charge >= 0.3 is 6.09 Å². The lowest BCUT2D eigenvalue weighted by atomic mass is 10.1. The Hall–Kier alpha value is -1.31. The van der Waals surface area contributed by atoms with Gasteiger partial charge in [-0.1, -0.05) is 12.1 Å². The maximum Gasteiger partial charge on any atom is 0.408 e. The van der Waals surface area contributed by atoms with Crippen LogP contribution in [0, 0.1) is 3.57 Å². The Kier molecular flexibility index (Phi) is 5.79.